The Kier molecular flexibility index (Phi) is 5.34. The molecule has 23 heavy (non-hydrogen) atoms. The average Bonchev–Trinajstić information content (AvgIpc) is 2.49. The molecule has 2 rings (SSSR count). The maximum Gasteiger partial charge on any atom is 0.244 e. The SMILES string of the molecule is CN(Cc1cccc(O)c1)C(=O)[C@@H](c1ccccc1F)N(C)C. The van der Waals surface area contributed by atoms with Crippen LogP contribution < -0.4 is 0 Å². The molecule has 0 bridgehead atoms. The zero-order valence-electron chi connectivity index (χ0n) is 13.5. The molecule has 0 spiro atoms. The monoisotopic (exact) mass is 316 g/mol. The third kappa shape index (κ3) is 4.07. The molecule has 1 atom stereocenters. The summed E-state index contributed by atoms with van der Waals surface area (Å²) >= 11 is 0. The third-order valence-corrected chi connectivity index (χ3v) is 3.66. The van der Waals surface area contributed by atoms with Gasteiger partial charge in [-0.25, -0.2) is 4.39 Å². The van der Waals surface area contributed by atoms with E-state index in [2.05, 4.69) is 0 Å². The Labute approximate surface area is 135 Å². The molecule has 122 valence electrons. The summed E-state index contributed by atoms with van der Waals surface area (Å²) in [6, 6.07) is 12.3. The highest BCUT2D eigenvalue weighted by molar-refractivity contribution is 5.83. The van der Waals surface area contributed by atoms with E-state index in [0.717, 1.165) is 5.56 Å². The van der Waals surface area contributed by atoms with Crippen molar-refractivity contribution >= 4 is 5.91 Å². The van der Waals surface area contributed by atoms with Gasteiger partial charge in [-0.1, -0.05) is 30.3 Å². The number of amides is 1. The standard InChI is InChI=1S/C18H21FN2O2/c1-20(2)17(15-9-4-5-10-16(15)19)18(23)21(3)12-13-7-6-8-14(22)11-13/h4-11,17,22H,12H2,1-3H3/t17-/m1/s1. The van der Waals surface area contributed by atoms with Crippen LogP contribution in [0.2, 0.25) is 0 Å². The molecule has 0 fully saturated rings. The van der Waals surface area contributed by atoms with Gasteiger partial charge in [0.05, 0.1) is 0 Å². The Morgan fingerprint density at radius 2 is 1.83 bits per heavy atom. The number of phenolic OH excluding ortho intramolecular Hbond substituents is 1. The minimum atomic E-state index is -0.696. The van der Waals surface area contributed by atoms with Gasteiger partial charge in [0.15, 0.2) is 0 Å². The van der Waals surface area contributed by atoms with Gasteiger partial charge in [0.2, 0.25) is 5.91 Å². The second-order valence-electron chi connectivity index (χ2n) is 5.75. The summed E-state index contributed by atoms with van der Waals surface area (Å²) in [7, 11) is 5.16. The Morgan fingerprint density at radius 3 is 2.43 bits per heavy atom. The molecule has 1 N–H and O–H groups in total. The molecule has 0 aliphatic heterocycles. The quantitative estimate of drug-likeness (QED) is 0.922. The zero-order chi connectivity index (χ0) is 17.0. The fraction of sp³-hybridized carbons (Fsp3) is 0.278. The van der Waals surface area contributed by atoms with Crippen LogP contribution in [0, 0.1) is 5.82 Å². The number of aromatic hydroxyl groups is 1. The molecule has 5 heteroatoms. The lowest BCUT2D eigenvalue weighted by atomic mass is 10.0. The van der Waals surface area contributed by atoms with Gasteiger partial charge >= 0.3 is 0 Å². The molecule has 0 aliphatic carbocycles. The van der Waals surface area contributed by atoms with Gasteiger partial charge in [-0.15, -0.1) is 0 Å². The number of phenols is 1. The molecule has 1 amide bonds. The van der Waals surface area contributed by atoms with Crippen LogP contribution in [-0.4, -0.2) is 42.0 Å². The van der Waals surface area contributed by atoms with Crippen molar-refractivity contribution < 1.29 is 14.3 Å². The predicted octanol–water partition coefficient (Wildman–Crippen LogP) is 2.79. The van der Waals surface area contributed by atoms with E-state index in [0.29, 0.717) is 12.1 Å². The summed E-state index contributed by atoms with van der Waals surface area (Å²) in [6.45, 7) is 0.339. The highest BCUT2D eigenvalue weighted by Gasteiger charge is 2.28. The molecule has 0 aromatic heterocycles. The first-order chi connectivity index (χ1) is 10.9. The van der Waals surface area contributed by atoms with E-state index in [4.69, 9.17) is 0 Å². The van der Waals surface area contributed by atoms with E-state index in [1.54, 1.807) is 62.4 Å². The highest BCUT2D eigenvalue weighted by Crippen LogP contribution is 2.24. The summed E-state index contributed by atoms with van der Waals surface area (Å²) in [4.78, 5) is 16.0. The molecule has 0 aliphatic rings. The van der Waals surface area contributed by atoms with Crippen molar-refractivity contribution in [1.82, 2.24) is 9.80 Å². The van der Waals surface area contributed by atoms with Gasteiger partial charge in [0, 0.05) is 19.2 Å². The van der Waals surface area contributed by atoms with Gasteiger partial charge < -0.3 is 10.0 Å². The lowest BCUT2D eigenvalue weighted by Crippen LogP contribution is -2.38. The van der Waals surface area contributed by atoms with Crippen molar-refractivity contribution in [3.8, 4) is 5.75 Å². The first-order valence-corrected chi connectivity index (χ1v) is 7.34. The molecule has 0 heterocycles. The van der Waals surface area contributed by atoms with Crippen molar-refractivity contribution in [3.63, 3.8) is 0 Å². The molecule has 0 saturated carbocycles. The first-order valence-electron chi connectivity index (χ1n) is 7.34. The fourth-order valence-corrected chi connectivity index (χ4v) is 2.54. The van der Waals surface area contributed by atoms with Gasteiger partial charge in [0.25, 0.3) is 0 Å². The number of halogens is 1. The number of nitrogens with zero attached hydrogens (tertiary/aromatic N) is 2. The number of rotatable bonds is 5. The second-order valence-corrected chi connectivity index (χ2v) is 5.75. The van der Waals surface area contributed by atoms with Crippen molar-refractivity contribution in [3.05, 3.63) is 65.5 Å². The van der Waals surface area contributed by atoms with E-state index >= 15 is 0 Å². The molecule has 0 unspecified atom stereocenters. The Morgan fingerprint density at radius 1 is 1.13 bits per heavy atom. The minimum Gasteiger partial charge on any atom is -0.508 e. The largest absolute Gasteiger partial charge is 0.508 e. The number of carbonyl (C=O) groups excluding carboxylic acids is 1. The fourth-order valence-electron chi connectivity index (χ4n) is 2.54. The van der Waals surface area contributed by atoms with Crippen LogP contribution in [0.1, 0.15) is 17.2 Å². The van der Waals surface area contributed by atoms with Crippen molar-refractivity contribution in [2.24, 2.45) is 0 Å². The zero-order valence-corrected chi connectivity index (χ0v) is 13.5. The third-order valence-electron chi connectivity index (χ3n) is 3.66. The van der Waals surface area contributed by atoms with Crippen molar-refractivity contribution in [2.75, 3.05) is 21.1 Å². The van der Waals surface area contributed by atoms with Crippen LogP contribution >= 0.6 is 0 Å². The maximum atomic E-state index is 14.1. The van der Waals surface area contributed by atoms with Gasteiger partial charge in [-0.05, 0) is 37.9 Å². The van der Waals surface area contributed by atoms with Crippen molar-refractivity contribution in [2.45, 2.75) is 12.6 Å². The minimum absolute atomic E-state index is 0.154. The average molecular weight is 316 g/mol. The van der Waals surface area contributed by atoms with E-state index in [1.807, 2.05) is 6.07 Å². The molecule has 4 nitrogen and oxygen atoms in total. The van der Waals surface area contributed by atoms with E-state index < -0.39 is 11.9 Å². The topological polar surface area (TPSA) is 43.8 Å². The van der Waals surface area contributed by atoms with Crippen LogP contribution in [0.15, 0.2) is 48.5 Å². The van der Waals surface area contributed by atoms with E-state index in [-0.39, 0.29) is 11.7 Å². The Hall–Kier alpha value is -2.40. The Bertz CT molecular complexity index is 688. The van der Waals surface area contributed by atoms with Crippen LogP contribution in [0.5, 0.6) is 5.75 Å². The van der Waals surface area contributed by atoms with Crippen molar-refractivity contribution in [1.29, 1.82) is 0 Å². The van der Waals surface area contributed by atoms with E-state index in [9.17, 15) is 14.3 Å². The smallest absolute Gasteiger partial charge is 0.244 e. The summed E-state index contributed by atoms with van der Waals surface area (Å²) in [6.07, 6.45) is 0. The van der Waals surface area contributed by atoms with Gasteiger partial charge in [-0.3, -0.25) is 9.69 Å². The molecule has 0 radical (unpaired) electrons. The summed E-state index contributed by atoms with van der Waals surface area (Å²) in [5.74, 6) is -0.449. The highest BCUT2D eigenvalue weighted by atomic mass is 19.1. The molecule has 2 aromatic carbocycles. The number of carbonyl (C=O) groups is 1. The van der Waals surface area contributed by atoms with Crippen LogP contribution in [-0.2, 0) is 11.3 Å². The summed E-state index contributed by atoms with van der Waals surface area (Å²) < 4.78 is 14.1. The van der Waals surface area contributed by atoms with Gasteiger partial charge in [-0.2, -0.15) is 0 Å². The maximum absolute atomic E-state index is 14.1. The molecular formula is C18H21FN2O2. The molecule has 0 saturated heterocycles. The first kappa shape index (κ1) is 17.0. The number of hydrogen-bond acceptors (Lipinski definition) is 3. The number of benzene rings is 2. The second kappa shape index (κ2) is 7.24. The van der Waals surface area contributed by atoms with Crippen LogP contribution in [0.25, 0.3) is 0 Å². The van der Waals surface area contributed by atoms with Gasteiger partial charge in [0.1, 0.15) is 17.6 Å². The summed E-state index contributed by atoms with van der Waals surface area (Å²) in [5, 5.41) is 9.52. The number of hydrogen-bond donors (Lipinski definition) is 1. The molecule has 2 aromatic rings. The lowest BCUT2D eigenvalue weighted by molar-refractivity contribution is -0.135. The van der Waals surface area contributed by atoms with Crippen LogP contribution in [0.3, 0.4) is 0 Å². The lowest BCUT2D eigenvalue weighted by Gasteiger charge is -2.29. The van der Waals surface area contributed by atoms with E-state index in [1.165, 1.54) is 11.0 Å². The van der Waals surface area contributed by atoms with Crippen LogP contribution in [0.4, 0.5) is 4.39 Å². The summed E-state index contributed by atoms with van der Waals surface area (Å²) in [5.41, 5.74) is 1.16. The molecular weight excluding hydrogens is 295 g/mol. The Balaban J connectivity index is 2.22. The number of likely N-dealkylation sites (N-methyl/N-ethyl adjacent to an activating group) is 2. The normalized spacial score (nSPS) is 12.2. The predicted molar refractivity (Wildman–Crippen MR) is 87.4 cm³/mol.